The summed E-state index contributed by atoms with van der Waals surface area (Å²) in [6, 6.07) is 10.4. The van der Waals surface area contributed by atoms with Gasteiger partial charge in [0.25, 0.3) is 0 Å². The Morgan fingerprint density at radius 1 is 1.12 bits per heavy atom. The topological polar surface area (TPSA) is 20.2 Å². The molecule has 2 rings (SSSR count). The summed E-state index contributed by atoms with van der Waals surface area (Å²) in [5, 5.41) is 10.9. The van der Waals surface area contributed by atoms with Crippen molar-refractivity contribution < 1.29 is 5.11 Å². The van der Waals surface area contributed by atoms with Gasteiger partial charge in [-0.15, -0.1) is 0 Å². The Kier molecular flexibility index (Phi) is 4.22. The van der Waals surface area contributed by atoms with Gasteiger partial charge in [-0.1, -0.05) is 56.5 Å². The zero-order valence-electron chi connectivity index (χ0n) is 10.9. The van der Waals surface area contributed by atoms with Gasteiger partial charge in [0.2, 0.25) is 0 Å². The van der Waals surface area contributed by atoms with Gasteiger partial charge in [0.05, 0.1) is 5.60 Å². The van der Waals surface area contributed by atoms with Crippen LogP contribution in [0.1, 0.15) is 51.0 Å². The lowest BCUT2D eigenvalue weighted by Gasteiger charge is -2.38. The molecule has 0 amide bonds. The SMILES string of the molecule is CCC(O)(Cc1ccccc1)C1CCCCC1. The summed E-state index contributed by atoms with van der Waals surface area (Å²) in [7, 11) is 0. The third-order valence-electron chi connectivity index (χ3n) is 4.33. The standard InChI is InChI=1S/C16H24O/c1-2-16(17,15-11-7-4-8-12-15)13-14-9-5-3-6-10-14/h3,5-6,9-10,15,17H,2,4,7-8,11-13H2,1H3. The lowest BCUT2D eigenvalue weighted by Crippen LogP contribution is -2.40. The van der Waals surface area contributed by atoms with E-state index < -0.39 is 5.60 Å². The van der Waals surface area contributed by atoms with Crippen LogP contribution in [0.3, 0.4) is 0 Å². The second-order valence-electron chi connectivity index (χ2n) is 5.45. The molecule has 1 N–H and O–H groups in total. The second-order valence-corrected chi connectivity index (χ2v) is 5.45. The highest BCUT2D eigenvalue weighted by atomic mass is 16.3. The Hall–Kier alpha value is -0.820. The third kappa shape index (κ3) is 3.10. The molecule has 1 heteroatoms. The van der Waals surface area contributed by atoms with Crippen molar-refractivity contribution in [3.8, 4) is 0 Å². The van der Waals surface area contributed by atoms with Crippen molar-refractivity contribution in [2.45, 2.75) is 57.5 Å². The summed E-state index contributed by atoms with van der Waals surface area (Å²) in [5.41, 5.74) is 0.782. The fraction of sp³-hybridized carbons (Fsp3) is 0.625. The fourth-order valence-corrected chi connectivity index (χ4v) is 3.15. The van der Waals surface area contributed by atoms with E-state index in [9.17, 15) is 5.11 Å². The van der Waals surface area contributed by atoms with Crippen molar-refractivity contribution in [1.82, 2.24) is 0 Å². The Balaban J connectivity index is 2.07. The summed E-state index contributed by atoms with van der Waals surface area (Å²) in [6.45, 7) is 2.12. The maximum Gasteiger partial charge on any atom is 0.0713 e. The van der Waals surface area contributed by atoms with Gasteiger partial charge in [0.15, 0.2) is 0 Å². The smallest absolute Gasteiger partial charge is 0.0713 e. The van der Waals surface area contributed by atoms with Gasteiger partial charge in [0, 0.05) is 6.42 Å². The van der Waals surface area contributed by atoms with Gasteiger partial charge in [0.1, 0.15) is 0 Å². The average Bonchev–Trinajstić information content (AvgIpc) is 2.41. The first-order chi connectivity index (χ1) is 8.24. The van der Waals surface area contributed by atoms with Crippen molar-refractivity contribution in [2.24, 2.45) is 5.92 Å². The molecule has 0 aromatic heterocycles. The summed E-state index contributed by atoms with van der Waals surface area (Å²) >= 11 is 0. The van der Waals surface area contributed by atoms with Crippen molar-refractivity contribution in [1.29, 1.82) is 0 Å². The molecule has 1 aliphatic carbocycles. The van der Waals surface area contributed by atoms with Gasteiger partial charge >= 0.3 is 0 Å². The molecule has 0 aliphatic heterocycles. The predicted octanol–water partition coefficient (Wildman–Crippen LogP) is 3.95. The molecule has 1 aromatic carbocycles. The maximum absolute atomic E-state index is 10.9. The van der Waals surface area contributed by atoms with Crippen LogP contribution in [0, 0.1) is 5.92 Å². The average molecular weight is 232 g/mol. The molecule has 0 spiro atoms. The van der Waals surface area contributed by atoms with Crippen molar-refractivity contribution in [2.75, 3.05) is 0 Å². The molecular weight excluding hydrogens is 208 g/mol. The van der Waals surface area contributed by atoms with E-state index in [2.05, 4.69) is 31.2 Å². The highest BCUT2D eigenvalue weighted by molar-refractivity contribution is 5.17. The van der Waals surface area contributed by atoms with Gasteiger partial charge in [-0.2, -0.15) is 0 Å². The molecule has 0 radical (unpaired) electrons. The zero-order valence-corrected chi connectivity index (χ0v) is 10.9. The minimum absolute atomic E-state index is 0.484. The number of benzene rings is 1. The lowest BCUT2D eigenvalue weighted by atomic mass is 9.73. The largest absolute Gasteiger partial charge is 0.389 e. The highest BCUT2D eigenvalue weighted by Crippen LogP contribution is 2.36. The van der Waals surface area contributed by atoms with E-state index >= 15 is 0 Å². The number of hydrogen-bond donors (Lipinski definition) is 1. The number of rotatable bonds is 4. The van der Waals surface area contributed by atoms with E-state index in [0.29, 0.717) is 5.92 Å². The van der Waals surface area contributed by atoms with Crippen LogP contribution in [0.4, 0.5) is 0 Å². The van der Waals surface area contributed by atoms with Gasteiger partial charge in [-0.3, -0.25) is 0 Å². The second kappa shape index (κ2) is 5.68. The normalized spacial score (nSPS) is 21.1. The maximum atomic E-state index is 10.9. The van der Waals surface area contributed by atoms with Crippen molar-refractivity contribution in [3.05, 3.63) is 35.9 Å². The van der Waals surface area contributed by atoms with Crippen LogP contribution in [-0.2, 0) is 6.42 Å². The minimum atomic E-state index is -0.484. The molecule has 1 aliphatic rings. The minimum Gasteiger partial charge on any atom is -0.389 e. The van der Waals surface area contributed by atoms with Crippen LogP contribution < -0.4 is 0 Å². The number of aliphatic hydroxyl groups is 1. The Labute approximate surface area is 105 Å². The third-order valence-corrected chi connectivity index (χ3v) is 4.33. The molecule has 0 bridgehead atoms. The molecule has 1 fully saturated rings. The van der Waals surface area contributed by atoms with Crippen LogP contribution >= 0.6 is 0 Å². The molecule has 94 valence electrons. The Morgan fingerprint density at radius 3 is 2.35 bits per heavy atom. The quantitative estimate of drug-likeness (QED) is 0.833. The van der Waals surface area contributed by atoms with Gasteiger partial charge in [-0.25, -0.2) is 0 Å². The van der Waals surface area contributed by atoms with E-state index in [-0.39, 0.29) is 0 Å². The zero-order chi connectivity index (χ0) is 12.1. The van der Waals surface area contributed by atoms with E-state index in [0.717, 1.165) is 12.8 Å². The lowest BCUT2D eigenvalue weighted by molar-refractivity contribution is -0.0359. The fourth-order valence-electron chi connectivity index (χ4n) is 3.15. The summed E-state index contributed by atoms with van der Waals surface area (Å²) in [4.78, 5) is 0. The monoisotopic (exact) mass is 232 g/mol. The van der Waals surface area contributed by atoms with Gasteiger partial charge < -0.3 is 5.11 Å². The summed E-state index contributed by atoms with van der Waals surface area (Å²) in [5.74, 6) is 0.501. The Morgan fingerprint density at radius 2 is 1.76 bits per heavy atom. The Bertz CT molecular complexity index is 327. The first-order valence-corrected chi connectivity index (χ1v) is 7.01. The summed E-state index contributed by atoms with van der Waals surface area (Å²) < 4.78 is 0. The predicted molar refractivity (Wildman–Crippen MR) is 72.0 cm³/mol. The molecular formula is C16H24O. The molecule has 17 heavy (non-hydrogen) atoms. The van der Waals surface area contributed by atoms with E-state index in [1.807, 2.05) is 6.07 Å². The molecule has 1 aromatic rings. The van der Waals surface area contributed by atoms with Crippen LogP contribution in [0.15, 0.2) is 30.3 Å². The molecule has 1 unspecified atom stereocenters. The van der Waals surface area contributed by atoms with Gasteiger partial charge in [-0.05, 0) is 30.7 Å². The molecule has 1 atom stereocenters. The van der Waals surface area contributed by atoms with E-state index in [1.54, 1.807) is 0 Å². The number of hydrogen-bond acceptors (Lipinski definition) is 1. The van der Waals surface area contributed by atoms with Crippen molar-refractivity contribution >= 4 is 0 Å². The first kappa shape index (κ1) is 12.6. The summed E-state index contributed by atoms with van der Waals surface area (Å²) in [6.07, 6.45) is 8.03. The van der Waals surface area contributed by atoms with E-state index in [1.165, 1.54) is 37.7 Å². The van der Waals surface area contributed by atoms with Crippen LogP contribution in [0.5, 0.6) is 0 Å². The molecule has 1 nitrogen and oxygen atoms in total. The van der Waals surface area contributed by atoms with Crippen molar-refractivity contribution in [3.63, 3.8) is 0 Å². The molecule has 0 heterocycles. The van der Waals surface area contributed by atoms with Crippen LogP contribution in [0.25, 0.3) is 0 Å². The molecule has 1 saturated carbocycles. The first-order valence-electron chi connectivity index (χ1n) is 7.01. The van der Waals surface area contributed by atoms with Crippen LogP contribution in [0.2, 0.25) is 0 Å². The van der Waals surface area contributed by atoms with Crippen LogP contribution in [-0.4, -0.2) is 10.7 Å². The highest BCUT2D eigenvalue weighted by Gasteiger charge is 2.35. The van der Waals surface area contributed by atoms with E-state index in [4.69, 9.17) is 0 Å². The molecule has 0 saturated heterocycles.